The number of rotatable bonds is 4. The van der Waals surface area contributed by atoms with Gasteiger partial charge >= 0.3 is 0 Å². The Balaban J connectivity index is 2.26. The van der Waals surface area contributed by atoms with Crippen molar-refractivity contribution in [3.05, 3.63) is 53.8 Å². The van der Waals surface area contributed by atoms with E-state index in [2.05, 4.69) is 0 Å². The van der Waals surface area contributed by atoms with E-state index in [4.69, 9.17) is 10.5 Å². The Kier molecular flexibility index (Phi) is 3.90. The minimum absolute atomic E-state index is 0.243. The third-order valence-corrected chi connectivity index (χ3v) is 2.98. The molecule has 0 aliphatic carbocycles. The quantitative estimate of drug-likeness (QED) is 0.859. The number of hydrogen-bond donors (Lipinski definition) is 1. The van der Waals surface area contributed by atoms with Crippen LogP contribution >= 0.6 is 0 Å². The summed E-state index contributed by atoms with van der Waals surface area (Å²) < 4.78 is 19.0. The first-order valence-corrected chi connectivity index (χ1v) is 6.00. The highest BCUT2D eigenvalue weighted by atomic mass is 19.1. The summed E-state index contributed by atoms with van der Waals surface area (Å²) >= 11 is 0. The van der Waals surface area contributed by atoms with Gasteiger partial charge in [0.15, 0.2) is 0 Å². The molecule has 2 N–H and O–H groups in total. The third kappa shape index (κ3) is 2.96. The first-order valence-electron chi connectivity index (χ1n) is 6.00. The summed E-state index contributed by atoms with van der Waals surface area (Å²) in [7, 11) is 3.44. The fourth-order valence-corrected chi connectivity index (χ4v) is 2.02. The average molecular weight is 260 g/mol. The average Bonchev–Trinajstić information content (AvgIpc) is 2.39. The van der Waals surface area contributed by atoms with Crippen LogP contribution < -0.4 is 15.4 Å². The maximum absolute atomic E-state index is 13.7. The Morgan fingerprint density at radius 2 is 1.95 bits per heavy atom. The molecule has 4 heteroatoms. The molecule has 0 unspecified atom stereocenters. The van der Waals surface area contributed by atoms with Gasteiger partial charge in [-0.2, -0.15) is 0 Å². The molecular formula is C15H17FN2O. The summed E-state index contributed by atoms with van der Waals surface area (Å²) in [6.45, 7) is 0.523. The smallest absolute Gasteiger partial charge is 0.146 e. The number of nitrogen functional groups attached to an aromatic ring is 1. The first kappa shape index (κ1) is 13.2. The molecule has 0 radical (unpaired) electrons. The topological polar surface area (TPSA) is 38.5 Å². The molecule has 100 valence electrons. The molecule has 0 bridgehead atoms. The minimum atomic E-state index is -0.243. The number of hydrogen-bond acceptors (Lipinski definition) is 3. The van der Waals surface area contributed by atoms with E-state index in [0.29, 0.717) is 17.9 Å². The lowest BCUT2D eigenvalue weighted by atomic mass is 10.1. The lowest BCUT2D eigenvalue weighted by Gasteiger charge is -2.21. The Bertz CT molecular complexity index is 572. The Morgan fingerprint density at radius 1 is 1.21 bits per heavy atom. The lowest BCUT2D eigenvalue weighted by Crippen LogP contribution is -2.18. The highest BCUT2D eigenvalue weighted by molar-refractivity contribution is 5.52. The van der Waals surface area contributed by atoms with Crippen molar-refractivity contribution in [3.8, 4) is 5.75 Å². The summed E-state index contributed by atoms with van der Waals surface area (Å²) in [5, 5.41) is 0. The van der Waals surface area contributed by atoms with E-state index in [1.165, 1.54) is 6.07 Å². The van der Waals surface area contributed by atoms with Crippen LogP contribution in [-0.2, 0) is 6.54 Å². The predicted octanol–water partition coefficient (Wildman–Crippen LogP) is 3.05. The van der Waals surface area contributed by atoms with Crippen LogP contribution in [0.4, 0.5) is 15.8 Å². The summed E-state index contributed by atoms with van der Waals surface area (Å²) in [6.07, 6.45) is 0. The highest BCUT2D eigenvalue weighted by Crippen LogP contribution is 2.25. The number of nitrogens with two attached hydrogens (primary N) is 1. The fraction of sp³-hybridized carbons (Fsp3) is 0.200. The van der Waals surface area contributed by atoms with Gasteiger partial charge in [-0.15, -0.1) is 0 Å². The standard InChI is InChI=1S/C15H17FN2O/c1-18(14-6-4-3-5-13(14)16)10-11-9-12(17)7-8-15(11)19-2/h3-9H,10,17H2,1-2H3. The van der Waals surface area contributed by atoms with Crippen molar-refractivity contribution >= 4 is 11.4 Å². The van der Waals surface area contributed by atoms with E-state index < -0.39 is 0 Å². The van der Waals surface area contributed by atoms with Gasteiger partial charge in [-0.3, -0.25) is 0 Å². The van der Waals surface area contributed by atoms with Crippen LogP contribution in [0.15, 0.2) is 42.5 Å². The van der Waals surface area contributed by atoms with Gasteiger partial charge < -0.3 is 15.4 Å². The second kappa shape index (κ2) is 5.61. The molecule has 0 atom stereocenters. The van der Waals surface area contributed by atoms with Gasteiger partial charge in [0, 0.05) is 24.8 Å². The third-order valence-electron chi connectivity index (χ3n) is 2.98. The molecule has 3 nitrogen and oxygen atoms in total. The van der Waals surface area contributed by atoms with Crippen LogP contribution in [0.25, 0.3) is 0 Å². The molecule has 0 amide bonds. The van der Waals surface area contributed by atoms with Crippen molar-refractivity contribution in [2.45, 2.75) is 6.54 Å². The molecule has 2 aromatic carbocycles. The molecule has 19 heavy (non-hydrogen) atoms. The highest BCUT2D eigenvalue weighted by Gasteiger charge is 2.10. The zero-order valence-corrected chi connectivity index (χ0v) is 11.1. The molecule has 0 aliphatic rings. The van der Waals surface area contributed by atoms with Gasteiger partial charge in [-0.25, -0.2) is 4.39 Å². The van der Waals surface area contributed by atoms with Crippen molar-refractivity contribution in [2.24, 2.45) is 0 Å². The van der Waals surface area contributed by atoms with E-state index >= 15 is 0 Å². The van der Waals surface area contributed by atoms with Gasteiger partial charge in [0.25, 0.3) is 0 Å². The van der Waals surface area contributed by atoms with E-state index in [1.807, 2.05) is 30.1 Å². The van der Waals surface area contributed by atoms with Gasteiger partial charge in [-0.05, 0) is 30.3 Å². The lowest BCUT2D eigenvalue weighted by molar-refractivity contribution is 0.409. The van der Waals surface area contributed by atoms with Crippen LogP contribution in [0.2, 0.25) is 0 Å². The molecule has 0 saturated carbocycles. The molecule has 0 spiro atoms. The number of anilines is 2. The number of ether oxygens (including phenoxy) is 1. The van der Waals surface area contributed by atoms with Gasteiger partial charge in [0.1, 0.15) is 11.6 Å². The number of halogens is 1. The maximum atomic E-state index is 13.7. The predicted molar refractivity (Wildman–Crippen MR) is 75.9 cm³/mol. The maximum Gasteiger partial charge on any atom is 0.146 e. The SMILES string of the molecule is COc1ccc(N)cc1CN(C)c1ccccc1F. The van der Waals surface area contributed by atoms with E-state index in [0.717, 1.165) is 11.3 Å². The molecule has 0 heterocycles. The molecule has 0 saturated heterocycles. The Hall–Kier alpha value is -2.23. The molecule has 0 aliphatic heterocycles. The van der Waals surface area contributed by atoms with Gasteiger partial charge in [-0.1, -0.05) is 12.1 Å². The molecule has 0 aromatic heterocycles. The van der Waals surface area contributed by atoms with E-state index in [9.17, 15) is 4.39 Å². The number of methoxy groups -OCH3 is 1. The monoisotopic (exact) mass is 260 g/mol. The van der Waals surface area contributed by atoms with Crippen molar-refractivity contribution in [2.75, 3.05) is 24.8 Å². The van der Waals surface area contributed by atoms with Gasteiger partial charge in [0.05, 0.1) is 12.8 Å². The normalized spacial score (nSPS) is 10.3. The summed E-state index contributed by atoms with van der Waals surface area (Å²) in [4.78, 5) is 1.83. The van der Waals surface area contributed by atoms with Crippen LogP contribution in [0, 0.1) is 5.82 Å². The summed E-state index contributed by atoms with van der Waals surface area (Å²) in [5.74, 6) is 0.505. The van der Waals surface area contributed by atoms with Gasteiger partial charge in [0.2, 0.25) is 0 Å². The van der Waals surface area contributed by atoms with Crippen LogP contribution in [0.5, 0.6) is 5.75 Å². The van der Waals surface area contributed by atoms with Crippen LogP contribution in [0.3, 0.4) is 0 Å². The largest absolute Gasteiger partial charge is 0.496 e. The van der Waals surface area contributed by atoms with Crippen molar-refractivity contribution in [1.82, 2.24) is 0 Å². The summed E-state index contributed by atoms with van der Waals surface area (Å²) in [5.41, 5.74) is 7.92. The van der Waals surface area contributed by atoms with Crippen LogP contribution in [-0.4, -0.2) is 14.2 Å². The number of para-hydroxylation sites is 1. The first-order chi connectivity index (χ1) is 9.11. The zero-order chi connectivity index (χ0) is 13.8. The molecular weight excluding hydrogens is 243 g/mol. The van der Waals surface area contributed by atoms with Crippen LogP contribution in [0.1, 0.15) is 5.56 Å². The number of nitrogens with zero attached hydrogens (tertiary/aromatic N) is 1. The van der Waals surface area contributed by atoms with E-state index in [-0.39, 0.29) is 5.82 Å². The van der Waals surface area contributed by atoms with E-state index in [1.54, 1.807) is 25.3 Å². The molecule has 2 rings (SSSR count). The Morgan fingerprint density at radius 3 is 2.63 bits per heavy atom. The molecule has 0 fully saturated rings. The van der Waals surface area contributed by atoms with Crippen molar-refractivity contribution < 1.29 is 9.13 Å². The molecule has 2 aromatic rings. The Labute approximate surface area is 112 Å². The van der Waals surface area contributed by atoms with Crippen molar-refractivity contribution in [1.29, 1.82) is 0 Å². The second-order valence-electron chi connectivity index (χ2n) is 4.38. The second-order valence-corrected chi connectivity index (χ2v) is 4.38. The fourth-order valence-electron chi connectivity index (χ4n) is 2.02. The minimum Gasteiger partial charge on any atom is -0.496 e. The zero-order valence-electron chi connectivity index (χ0n) is 11.1. The summed E-state index contributed by atoms with van der Waals surface area (Å²) in [6, 6.07) is 12.1. The van der Waals surface area contributed by atoms with Crippen molar-refractivity contribution in [3.63, 3.8) is 0 Å². The number of benzene rings is 2.